The lowest BCUT2D eigenvalue weighted by Gasteiger charge is -2.15. The van der Waals surface area contributed by atoms with Crippen molar-refractivity contribution >= 4 is 16.7 Å². The van der Waals surface area contributed by atoms with Gasteiger partial charge in [-0.3, -0.25) is 9.48 Å². The van der Waals surface area contributed by atoms with Crippen LogP contribution in [0, 0.1) is 0 Å². The summed E-state index contributed by atoms with van der Waals surface area (Å²) in [7, 11) is 0. The summed E-state index contributed by atoms with van der Waals surface area (Å²) in [6.45, 7) is 2.23. The lowest BCUT2D eigenvalue weighted by atomic mass is 10.0. The van der Waals surface area contributed by atoms with Gasteiger partial charge >= 0.3 is 0 Å². The van der Waals surface area contributed by atoms with Crippen molar-refractivity contribution in [2.75, 3.05) is 0 Å². The molecule has 0 bridgehead atoms. The van der Waals surface area contributed by atoms with Crippen LogP contribution >= 0.6 is 0 Å². The molecule has 1 N–H and O–H groups in total. The summed E-state index contributed by atoms with van der Waals surface area (Å²) in [4.78, 5) is 12.0. The Hall–Kier alpha value is -2.62. The normalized spacial score (nSPS) is 12.2. The molecule has 2 aromatic carbocycles. The Kier molecular flexibility index (Phi) is 3.69. The maximum atomic E-state index is 12.0. The van der Waals surface area contributed by atoms with Gasteiger partial charge in [0.2, 0.25) is 5.91 Å². The van der Waals surface area contributed by atoms with Crippen LogP contribution in [0.15, 0.2) is 60.9 Å². The van der Waals surface area contributed by atoms with Crippen LogP contribution in [0.25, 0.3) is 10.8 Å². The van der Waals surface area contributed by atoms with Gasteiger partial charge in [-0.1, -0.05) is 36.4 Å². The molecule has 0 fully saturated rings. The van der Waals surface area contributed by atoms with Crippen LogP contribution in [0.3, 0.4) is 0 Å². The Morgan fingerprint density at radius 3 is 2.76 bits per heavy atom. The quantitative estimate of drug-likeness (QED) is 0.798. The number of nitrogens with zero attached hydrogens (tertiary/aromatic N) is 2. The fourth-order valence-electron chi connectivity index (χ4n) is 2.39. The van der Waals surface area contributed by atoms with E-state index in [0.29, 0.717) is 0 Å². The zero-order chi connectivity index (χ0) is 14.7. The standard InChI is InChI=1S/C17H17N3O/c1-13(19-17(21)12-20-10-4-9-18-20)15-8-7-14-5-2-3-6-16(14)11-15/h2-11,13H,12H2,1H3,(H,19,21). The topological polar surface area (TPSA) is 46.9 Å². The summed E-state index contributed by atoms with van der Waals surface area (Å²) in [6, 6.07) is 16.2. The molecule has 0 saturated heterocycles. The second-order valence-electron chi connectivity index (χ2n) is 5.10. The van der Waals surface area contributed by atoms with E-state index in [1.807, 2.05) is 19.1 Å². The van der Waals surface area contributed by atoms with Crippen molar-refractivity contribution in [2.45, 2.75) is 19.5 Å². The van der Waals surface area contributed by atoms with Crippen LogP contribution in [-0.4, -0.2) is 15.7 Å². The monoisotopic (exact) mass is 279 g/mol. The van der Waals surface area contributed by atoms with Crippen LogP contribution in [0.1, 0.15) is 18.5 Å². The molecular formula is C17H17N3O. The minimum Gasteiger partial charge on any atom is -0.348 e. The molecule has 4 heteroatoms. The second kappa shape index (κ2) is 5.79. The first-order valence-corrected chi connectivity index (χ1v) is 6.98. The average molecular weight is 279 g/mol. The van der Waals surface area contributed by atoms with Crippen molar-refractivity contribution in [1.29, 1.82) is 0 Å². The van der Waals surface area contributed by atoms with Crippen LogP contribution in [0.5, 0.6) is 0 Å². The third kappa shape index (κ3) is 3.11. The number of amides is 1. The highest BCUT2D eigenvalue weighted by atomic mass is 16.2. The number of hydrogen-bond donors (Lipinski definition) is 1. The summed E-state index contributed by atoms with van der Waals surface area (Å²) >= 11 is 0. The number of benzene rings is 2. The average Bonchev–Trinajstić information content (AvgIpc) is 2.99. The largest absolute Gasteiger partial charge is 0.348 e. The summed E-state index contributed by atoms with van der Waals surface area (Å²) < 4.78 is 1.61. The van der Waals surface area contributed by atoms with Gasteiger partial charge in [-0.25, -0.2) is 0 Å². The highest BCUT2D eigenvalue weighted by Crippen LogP contribution is 2.20. The van der Waals surface area contributed by atoms with Gasteiger partial charge in [0.15, 0.2) is 0 Å². The number of fused-ring (bicyclic) bond motifs is 1. The van der Waals surface area contributed by atoms with E-state index in [1.165, 1.54) is 10.8 Å². The molecule has 0 saturated carbocycles. The van der Waals surface area contributed by atoms with E-state index in [9.17, 15) is 4.79 Å². The Labute approximate surface area is 123 Å². The van der Waals surface area contributed by atoms with Crippen molar-refractivity contribution in [3.63, 3.8) is 0 Å². The van der Waals surface area contributed by atoms with Gasteiger partial charge in [0, 0.05) is 12.4 Å². The molecule has 106 valence electrons. The van der Waals surface area contributed by atoms with Crippen LogP contribution in [0.4, 0.5) is 0 Å². The SMILES string of the molecule is CC(NC(=O)Cn1cccn1)c1ccc2ccccc2c1. The van der Waals surface area contributed by atoms with Crippen molar-refractivity contribution < 1.29 is 4.79 Å². The molecule has 0 radical (unpaired) electrons. The number of nitrogens with one attached hydrogen (secondary N) is 1. The Bertz CT molecular complexity index is 750. The number of aromatic nitrogens is 2. The maximum absolute atomic E-state index is 12.0. The molecule has 21 heavy (non-hydrogen) atoms. The van der Waals surface area contributed by atoms with Crippen LogP contribution in [-0.2, 0) is 11.3 Å². The summed E-state index contributed by atoms with van der Waals surface area (Å²) in [5, 5.41) is 9.42. The molecule has 0 aliphatic rings. The van der Waals surface area contributed by atoms with Crippen molar-refractivity contribution in [3.05, 3.63) is 66.5 Å². The third-order valence-electron chi connectivity index (χ3n) is 3.52. The predicted molar refractivity (Wildman–Crippen MR) is 82.7 cm³/mol. The van der Waals surface area contributed by atoms with Gasteiger partial charge in [-0.15, -0.1) is 0 Å². The zero-order valence-electron chi connectivity index (χ0n) is 11.9. The molecule has 0 aliphatic heterocycles. The van der Waals surface area contributed by atoms with Gasteiger partial charge in [-0.05, 0) is 35.4 Å². The number of carbonyl (C=O) groups is 1. The molecule has 1 heterocycles. The van der Waals surface area contributed by atoms with E-state index in [1.54, 1.807) is 23.1 Å². The number of hydrogen-bond acceptors (Lipinski definition) is 2. The van der Waals surface area contributed by atoms with E-state index >= 15 is 0 Å². The lowest BCUT2D eigenvalue weighted by Crippen LogP contribution is -2.30. The van der Waals surface area contributed by atoms with Gasteiger partial charge in [0.05, 0.1) is 6.04 Å². The van der Waals surface area contributed by atoms with Crippen LogP contribution < -0.4 is 5.32 Å². The Balaban J connectivity index is 1.71. The molecule has 0 aliphatic carbocycles. The summed E-state index contributed by atoms with van der Waals surface area (Å²) in [6.07, 6.45) is 3.44. The van der Waals surface area contributed by atoms with E-state index in [0.717, 1.165) is 5.56 Å². The molecule has 4 nitrogen and oxygen atoms in total. The van der Waals surface area contributed by atoms with Crippen molar-refractivity contribution in [2.24, 2.45) is 0 Å². The van der Waals surface area contributed by atoms with Gasteiger partial charge in [-0.2, -0.15) is 5.10 Å². The second-order valence-corrected chi connectivity index (χ2v) is 5.10. The first-order valence-electron chi connectivity index (χ1n) is 6.98. The predicted octanol–water partition coefficient (Wildman–Crippen LogP) is 2.91. The number of carbonyl (C=O) groups excluding carboxylic acids is 1. The zero-order valence-corrected chi connectivity index (χ0v) is 11.9. The van der Waals surface area contributed by atoms with E-state index < -0.39 is 0 Å². The van der Waals surface area contributed by atoms with E-state index in [-0.39, 0.29) is 18.5 Å². The summed E-state index contributed by atoms with van der Waals surface area (Å²) in [5.74, 6) is -0.0423. The molecule has 1 unspecified atom stereocenters. The number of rotatable bonds is 4. The fourth-order valence-corrected chi connectivity index (χ4v) is 2.39. The maximum Gasteiger partial charge on any atom is 0.242 e. The minimum atomic E-state index is -0.0423. The smallest absolute Gasteiger partial charge is 0.242 e. The fraction of sp³-hybridized carbons (Fsp3) is 0.176. The molecule has 1 amide bonds. The van der Waals surface area contributed by atoms with Gasteiger partial charge in [0.1, 0.15) is 6.54 Å². The van der Waals surface area contributed by atoms with Gasteiger partial charge in [0.25, 0.3) is 0 Å². The Morgan fingerprint density at radius 2 is 2.00 bits per heavy atom. The third-order valence-corrected chi connectivity index (χ3v) is 3.52. The van der Waals surface area contributed by atoms with Crippen LogP contribution in [0.2, 0.25) is 0 Å². The molecule has 3 rings (SSSR count). The molecule has 0 spiro atoms. The lowest BCUT2D eigenvalue weighted by molar-refractivity contribution is -0.122. The Morgan fingerprint density at radius 1 is 1.19 bits per heavy atom. The minimum absolute atomic E-state index is 0.0299. The highest BCUT2D eigenvalue weighted by molar-refractivity contribution is 5.83. The molecule has 3 aromatic rings. The molecular weight excluding hydrogens is 262 g/mol. The summed E-state index contributed by atoms with van der Waals surface area (Å²) in [5.41, 5.74) is 1.10. The van der Waals surface area contributed by atoms with Gasteiger partial charge < -0.3 is 5.32 Å². The highest BCUT2D eigenvalue weighted by Gasteiger charge is 2.10. The molecule has 1 aromatic heterocycles. The van der Waals surface area contributed by atoms with Crippen molar-refractivity contribution in [1.82, 2.24) is 15.1 Å². The first kappa shape index (κ1) is 13.4. The van der Waals surface area contributed by atoms with Crippen molar-refractivity contribution in [3.8, 4) is 0 Å². The van der Waals surface area contributed by atoms with E-state index in [2.05, 4.69) is 40.7 Å². The first-order chi connectivity index (χ1) is 10.2. The van der Waals surface area contributed by atoms with E-state index in [4.69, 9.17) is 0 Å². The molecule has 1 atom stereocenters.